The summed E-state index contributed by atoms with van der Waals surface area (Å²) in [5, 5.41) is 6.25. The first-order chi connectivity index (χ1) is 14.1. The van der Waals surface area contributed by atoms with Crippen molar-refractivity contribution in [1.29, 1.82) is 0 Å². The number of hydrogen-bond acceptors (Lipinski definition) is 6. The summed E-state index contributed by atoms with van der Waals surface area (Å²) in [6, 6.07) is 7.38. The summed E-state index contributed by atoms with van der Waals surface area (Å²) in [6.07, 6.45) is 2.27. The molecule has 0 radical (unpaired) electrons. The summed E-state index contributed by atoms with van der Waals surface area (Å²) < 4.78 is 5.59. The molecular formula is C21H20N6O2. The van der Waals surface area contributed by atoms with Gasteiger partial charge in [0.2, 0.25) is 5.95 Å². The second-order valence-corrected chi connectivity index (χ2v) is 6.42. The topological polar surface area (TPSA) is 118 Å². The van der Waals surface area contributed by atoms with Crippen LogP contribution in [0.5, 0.6) is 5.75 Å². The third-order valence-electron chi connectivity index (χ3n) is 4.63. The smallest absolute Gasteiger partial charge is 0.255 e. The SMILES string of the molecule is CC#Cc1cccc(Nc2c(-c3ccnc(N)n3)[nH]c3c2C(=O)NCC3)c1OC. The van der Waals surface area contributed by atoms with Gasteiger partial charge in [-0.05, 0) is 25.1 Å². The van der Waals surface area contributed by atoms with Crippen LogP contribution in [-0.4, -0.2) is 34.5 Å². The zero-order valence-electron chi connectivity index (χ0n) is 16.1. The van der Waals surface area contributed by atoms with Crippen LogP contribution in [-0.2, 0) is 6.42 Å². The van der Waals surface area contributed by atoms with Crippen molar-refractivity contribution in [3.05, 3.63) is 47.3 Å². The molecular weight excluding hydrogens is 368 g/mol. The molecule has 146 valence electrons. The van der Waals surface area contributed by atoms with Crippen molar-refractivity contribution in [2.75, 3.05) is 24.7 Å². The maximum atomic E-state index is 12.6. The first-order valence-corrected chi connectivity index (χ1v) is 9.11. The van der Waals surface area contributed by atoms with Gasteiger partial charge >= 0.3 is 0 Å². The molecule has 5 N–H and O–H groups in total. The molecule has 8 nitrogen and oxygen atoms in total. The number of aromatic nitrogens is 3. The van der Waals surface area contributed by atoms with Crippen LogP contribution in [0.1, 0.15) is 28.5 Å². The van der Waals surface area contributed by atoms with Gasteiger partial charge in [0, 0.05) is 24.9 Å². The van der Waals surface area contributed by atoms with Crippen LogP contribution < -0.4 is 21.1 Å². The molecule has 2 aromatic heterocycles. The summed E-state index contributed by atoms with van der Waals surface area (Å²) >= 11 is 0. The molecule has 3 heterocycles. The summed E-state index contributed by atoms with van der Waals surface area (Å²) in [5.41, 5.74) is 10.5. The molecule has 0 unspecified atom stereocenters. The van der Waals surface area contributed by atoms with Crippen LogP contribution >= 0.6 is 0 Å². The number of H-pyrrole nitrogens is 1. The summed E-state index contributed by atoms with van der Waals surface area (Å²) in [6.45, 7) is 2.34. The van der Waals surface area contributed by atoms with Crippen molar-refractivity contribution in [3.63, 3.8) is 0 Å². The maximum Gasteiger partial charge on any atom is 0.255 e. The third-order valence-corrected chi connectivity index (χ3v) is 4.63. The average molecular weight is 388 g/mol. The van der Waals surface area contributed by atoms with Gasteiger partial charge in [-0.2, -0.15) is 0 Å². The number of nitrogens with two attached hydrogens (primary N) is 1. The van der Waals surface area contributed by atoms with E-state index in [1.165, 1.54) is 0 Å². The van der Waals surface area contributed by atoms with E-state index in [-0.39, 0.29) is 11.9 Å². The fraction of sp³-hybridized carbons (Fsp3) is 0.190. The van der Waals surface area contributed by atoms with Gasteiger partial charge < -0.3 is 26.1 Å². The van der Waals surface area contributed by atoms with Crippen molar-refractivity contribution in [3.8, 4) is 29.0 Å². The van der Waals surface area contributed by atoms with E-state index in [2.05, 4.69) is 37.4 Å². The van der Waals surface area contributed by atoms with Gasteiger partial charge in [-0.1, -0.05) is 12.0 Å². The zero-order chi connectivity index (χ0) is 20.4. The van der Waals surface area contributed by atoms with Crippen molar-refractivity contribution in [2.45, 2.75) is 13.3 Å². The first kappa shape index (κ1) is 18.4. The first-order valence-electron chi connectivity index (χ1n) is 9.11. The van der Waals surface area contributed by atoms with Gasteiger partial charge in [-0.25, -0.2) is 9.97 Å². The molecule has 29 heavy (non-hydrogen) atoms. The number of nitrogen functional groups attached to an aromatic ring is 1. The van der Waals surface area contributed by atoms with Gasteiger partial charge in [0.15, 0.2) is 5.75 Å². The highest BCUT2D eigenvalue weighted by molar-refractivity contribution is 6.06. The van der Waals surface area contributed by atoms with Crippen LogP contribution in [0.3, 0.4) is 0 Å². The molecule has 0 aliphatic carbocycles. The van der Waals surface area contributed by atoms with E-state index < -0.39 is 0 Å². The second kappa shape index (κ2) is 7.56. The molecule has 4 rings (SSSR count). The minimum Gasteiger partial charge on any atom is -0.493 e. The van der Waals surface area contributed by atoms with Gasteiger partial charge in [0.25, 0.3) is 5.91 Å². The Morgan fingerprint density at radius 2 is 2.17 bits per heavy atom. The Hall–Kier alpha value is -3.99. The Morgan fingerprint density at radius 1 is 1.31 bits per heavy atom. The number of benzene rings is 1. The fourth-order valence-corrected chi connectivity index (χ4v) is 3.43. The summed E-state index contributed by atoms with van der Waals surface area (Å²) in [4.78, 5) is 24.3. The molecule has 0 fully saturated rings. The van der Waals surface area contributed by atoms with Crippen molar-refractivity contribution in [2.24, 2.45) is 0 Å². The molecule has 0 bridgehead atoms. The lowest BCUT2D eigenvalue weighted by atomic mass is 10.1. The number of amides is 1. The van der Waals surface area contributed by atoms with Gasteiger partial charge in [0.05, 0.1) is 41.0 Å². The van der Waals surface area contributed by atoms with E-state index in [4.69, 9.17) is 10.5 Å². The van der Waals surface area contributed by atoms with Gasteiger partial charge in [0.1, 0.15) is 0 Å². The normalized spacial score (nSPS) is 12.4. The average Bonchev–Trinajstić information content (AvgIpc) is 3.08. The van der Waals surface area contributed by atoms with Crippen molar-refractivity contribution < 1.29 is 9.53 Å². The quantitative estimate of drug-likeness (QED) is 0.510. The molecule has 1 aromatic carbocycles. The Labute approximate surface area is 167 Å². The fourth-order valence-electron chi connectivity index (χ4n) is 3.43. The highest BCUT2D eigenvalue weighted by atomic mass is 16.5. The largest absolute Gasteiger partial charge is 0.493 e. The zero-order valence-corrected chi connectivity index (χ0v) is 16.1. The predicted molar refractivity (Wildman–Crippen MR) is 111 cm³/mol. The molecule has 3 aromatic rings. The molecule has 0 saturated carbocycles. The molecule has 8 heteroatoms. The van der Waals surface area contributed by atoms with Crippen LogP contribution in [0.2, 0.25) is 0 Å². The number of nitrogens with zero attached hydrogens (tertiary/aromatic N) is 2. The summed E-state index contributed by atoms with van der Waals surface area (Å²) in [7, 11) is 1.59. The number of aromatic amines is 1. The lowest BCUT2D eigenvalue weighted by Crippen LogP contribution is -2.31. The standard InChI is InChI=1S/C21H20N6O2/c1-3-5-12-6-4-7-15(19(12)29-2)26-18-16-13(8-10-23-20(16)28)25-17(18)14-9-11-24-21(22)27-14/h4,6-7,9,11,25-26H,8,10H2,1-2H3,(H,23,28)(H2,22,24,27). The highest BCUT2D eigenvalue weighted by Crippen LogP contribution is 2.39. The minimum absolute atomic E-state index is 0.151. The van der Waals surface area contributed by atoms with Crippen molar-refractivity contribution >= 4 is 23.2 Å². The number of para-hydroxylation sites is 1. The molecule has 1 aliphatic rings. The number of ether oxygens (including phenoxy) is 1. The van der Waals surface area contributed by atoms with Crippen LogP contribution in [0, 0.1) is 11.8 Å². The van der Waals surface area contributed by atoms with Gasteiger partial charge in [-0.15, -0.1) is 5.92 Å². The molecule has 0 saturated heterocycles. The van der Waals surface area contributed by atoms with E-state index in [1.54, 1.807) is 26.3 Å². The number of nitrogens with one attached hydrogen (secondary N) is 3. The second-order valence-electron chi connectivity index (χ2n) is 6.42. The Balaban J connectivity index is 1.89. The molecule has 1 amide bonds. The third kappa shape index (κ3) is 3.34. The van der Waals surface area contributed by atoms with E-state index in [1.807, 2.05) is 18.2 Å². The Kier molecular flexibility index (Phi) is 4.79. The number of carbonyl (C=O) groups excluding carboxylic acids is 1. The minimum atomic E-state index is -0.151. The molecule has 0 spiro atoms. The summed E-state index contributed by atoms with van der Waals surface area (Å²) in [5.74, 6) is 6.52. The number of anilines is 3. The van der Waals surface area contributed by atoms with Gasteiger partial charge in [-0.3, -0.25) is 4.79 Å². The van der Waals surface area contributed by atoms with Crippen LogP contribution in [0.4, 0.5) is 17.3 Å². The highest BCUT2D eigenvalue weighted by Gasteiger charge is 2.28. The maximum absolute atomic E-state index is 12.6. The van der Waals surface area contributed by atoms with Crippen LogP contribution in [0.25, 0.3) is 11.4 Å². The van der Waals surface area contributed by atoms with E-state index >= 15 is 0 Å². The van der Waals surface area contributed by atoms with Crippen molar-refractivity contribution in [1.82, 2.24) is 20.3 Å². The number of carbonyl (C=O) groups is 1. The number of fused-ring (bicyclic) bond motifs is 1. The van der Waals surface area contributed by atoms with E-state index in [0.717, 1.165) is 11.3 Å². The number of hydrogen-bond donors (Lipinski definition) is 4. The lowest BCUT2D eigenvalue weighted by Gasteiger charge is -2.17. The van der Waals surface area contributed by atoms with E-state index in [9.17, 15) is 4.79 Å². The number of rotatable bonds is 4. The Morgan fingerprint density at radius 3 is 2.93 bits per heavy atom. The predicted octanol–water partition coefficient (Wildman–Crippen LogP) is 2.46. The lowest BCUT2D eigenvalue weighted by molar-refractivity contribution is 0.0947. The number of methoxy groups -OCH3 is 1. The van der Waals surface area contributed by atoms with E-state index in [0.29, 0.717) is 47.0 Å². The molecule has 0 atom stereocenters. The Bertz CT molecular complexity index is 1160. The molecule has 1 aliphatic heterocycles. The van der Waals surface area contributed by atoms with Crippen LogP contribution in [0.15, 0.2) is 30.5 Å². The monoisotopic (exact) mass is 388 g/mol.